The maximum atomic E-state index is 12.2. The standard InChI is InChI=1S/C16H22N6OS/c1-4-9-24-11-14(23)21-5-7-22(8-6-21)16-13-10-17-20(3)15(13)18-12(2)19-16/h4,10H,1,5-9,11H2,2-3H3. The van der Waals surface area contributed by atoms with Crippen LogP contribution in [0.15, 0.2) is 18.9 Å². The molecule has 8 heteroatoms. The third-order valence-electron chi connectivity index (χ3n) is 4.08. The molecule has 0 radical (unpaired) electrons. The highest BCUT2D eigenvalue weighted by Gasteiger charge is 2.24. The fraction of sp³-hybridized carbons (Fsp3) is 0.500. The van der Waals surface area contributed by atoms with Crippen molar-refractivity contribution in [1.29, 1.82) is 0 Å². The van der Waals surface area contributed by atoms with Crippen molar-refractivity contribution >= 4 is 34.5 Å². The number of carbonyl (C=O) groups excluding carboxylic acids is 1. The summed E-state index contributed by atoms with van der Waals surface area (Å²) in [4.78, 5) is 25.4. The maximum absolute atomic E-state index is 12.2. The number of hydrogen-bond donors (Lipinski definition) is 0. The smallest absolute Gasteiger partial charge is 0.232 e. The Hall–Kier alpha value is -2.09. The Morgan fingerprint density at radius 1 is 1.33 bits per heavy atom. The molecule has 0 atom stereocenters. The van der Waals surface area contributed by atoms with Crippen LogP contribution < -0.4 is 4.90 Å². The number of anilines is 1. The fourth-order valence-corrected chi connectivity index (χ4v) is 3.48. The Morgan fingerprint density at radius 3 is 2.79 bits per heavy atom. The Labute approximate surface area is 145 Å². The molecule has 128 valence electrons. The van der Waals surface area contributed by atoms with E-state index in [-0.39, 0.29) is 5.91 Å². The van der Waals surface area contributed by atoms with Gasteiger partial charge in [0.1, 0.15) is 11.6 Å². The van der Waals surface area contributed by atoms with E-state index in [2.05, 4.69) is 26.5 Å². The van der Waals surface area contributed by atoms with E-state index in [4.69, 9.17) is 0 Å². The third-order valence-corrected chi connectivity index (χ3v) is 5.00. The van der Waals surface area contributed by atoms with Gasteiger partial charge in [0.25, 0.3) is 0 Å². The first kappa shape index (κ1) is 16.8. The highest BCUT2D eigenvalue weighted by Crippen LogP contribution is 2.24. The zero-order valence-corrected chi connectivity index (χ0v) is 14.9. The van der Waals surface area contributed by atoms with Gasteiger partial charge in [0.15, 0.2) is 5.65 Å². The Bertz CT molecular complexity index is 750. The van der Waals surface area contributed by atoms with Gasteiger partial charge < -0.3 is 9.80 Å². The van der Waals surface area contributed by atoms with Gasteiger partial charge in [0.2, 0.25) is 5.91 Å². The van der Waals surface area contributed by atoms with Gasteiger partial charge in [-0.15, -0.1) is 18.3 Å². The van der Waals surface area contributed by atoms with Gasteiger partial charge in [0, 0.05) is 39.0 Å². The predicted octanol–water partition coefficient (Wildman–Crippen LogP) is 1.24. The molecule has 7 nitrogen and oxygen atoms in total. The molecule has 1 saturated heterocycles. The minimum atomic E-state index is 0.201. The van der Waals surface area contributed by atoms with Gasteiger partial charge >= 0.3 is 0 Å². The van der Waals surface area contributed by atoms with Crippen LogP contribution in [0.3, 0.4) is 0 Å². The molecular weight excluding hydrogens is 324 g/mol. The lowest BCUT2D eigenvalue weighted by Gasteiger charge is -2.35. The normalized spacial score (nSPS) is 15.1. The van der Waals surface area contributed by atoms with Crippen molar-refractivity contribution in [3.63, 3.8) is 0 Å². The second-order valence-electron chi connectivity index (χ2n) is 5.77. The van der Waals surface area contributed by atoms with E-state index >= 15 is 0 Å². The molecule has 0 unspecified atom stereocenters. The minimum Gasteiger partial charge on any atom is -0.352 e. The van der Waals surface area contributed by atoms with Gasteiger partial charge in [-0.1, -0.05) is 6.08 Å². The average molecular weight is 346 g/mol. The van der Waals surface area contributed by atoms with Gasteiger partial charge in [-0.3, -0.25) is 9.48 Å². The van der Waals surface area contributed by atoms with E-state index < -0.39 is 0 Å². The van der Waals surface area contributed by atoms with E-state index in [0.717, 1.165) is 54.6 Å². The molecule has 2 aromatic heterocycles. The van der Waals surface area contributed by atoms with Crippen LogP contribution in [0, 0.1) is 6.92 Å². The van der Waals surface area contributed by atoms with Crippen molar-refractivity contribution in [3.8, 4) is 0 Å². The number of nitrogens with zero attached hydrogens (tertiary/aromatic N) is 6. The van der Waals surface area contributed by atoms with Crippen LogP contribution in [0.1, 0.15) is 5.82 Å². The van der Waals surface area contributed by atoms with Crippen LogP contribution in [0.4, 0.5) is 5.82 Å². The molecular formula is C16H22N6OS. The van der Waals surface area contributed by atoms with E-state index in [1.165, 1.54) is 0 Å². The summed E-state index contributed by atoms with van der Waals surface area (Å²) >= 11 is 1.60. The molecule has 0 N–H and O–H groups in total. The molecule has 0 aliphatic carbocycles. The third kappa shape index (κ3) is 3.38. The monoisotopic (exact) mass is 346 g/mol. The molecule has 1 fully saturated rings. The lowest BCUT2D eigenvalue weighted by atomic mass is 10.2. The largest absolute Gasteiger partial charge is 0.352 e. The molecule has 0 aromatic carbocycles. The zero-order chi connectivity index (χ0) is 17.1. The van der Waals surface area contributed by atoms with Gasteiger partial charge in [-0.2, -0.15) is 5.10 Å². The van der Waals surface area contributed by atoms with Crippen molar-refractivity contribution in [1.82, 2.24) is 24.6 Å². The summed E-state index contributed by atoms with van der Waals surface area (Å²) in [6.45, 7) is 8.56. The number of fused-ring (bicyclic) bond motifs is 1. The molecule has 3 heterocycles. The van der Waals surface area contributed by atoms with Crippen molar-refractivity contribution in [3.05, 3.63) is 24.7 Å². The Kier molecular flexibility index (Phi) is 5.03. The fourth-order valence-electron chi connectivity index (χ4n) is 2.84. The molecule has 0 spiro atoms. The molecule has 3 rings (SSSR count). The van der Waals surface area contributed by atoms with Gasteiger partial charge in [0.05, 0.1) is 17.3 Å². The minimum absolute atomic E-state index is 0.201. The molecule has 1 aliphatic rings. The predicted molar refractivity (Wildman–Crippen MR) is 97.4 cm³/mol. The van der Waals surface area contributed by atoms with Crippen molar-refractivity contribution in [2.45, 2.75) is 6.92 Å². The number of rotatable bonds is 5. The highest BCUT2D eigenvalue weighted by atomic mass is 32.2. The van der Waals surface area contributed by atoms with E-state index in [1.807, 2.05) is 31.1 Å². The van der Waals surface area contributed by atoms with Crippen LogP contribution >= 0.6 is 11.8 Å². The number of aryl methyl sites for hydroxylation is 2. The zero-order valence-electron chi connectivity index (χ0n) is 14.1. The van der Waals surface area contributed by atoms with E-state index in [0.29, 0.717) is 5.75 Å². The van der Waals surface area contributed by atoms with E-state index in [9.17, 15) is 4.79 Å². The Balaban J connectivity index is 1.69. The van der Waals surface area contributed by atoms with Crippen LogP contribution in [-0.2, 0) is 11.8 Å². The lowest BCUT2D eigenvalue weighted by Crippen LogP contribution is -2.49. The number of carbonyl (C=O) groups is 1. The summed E-state index contributed by atoms with van der Waals surface area (Å²) in [7, 11) is 1.88. The summed E-state index contributed by atoms with van der Waals surface area (Å²) < 4.78 is 1.77. The summed E-state index contributed by atoms with van der Waals surface area (Å²) in [5, 5.41) is 5.25. The maximum Gasteiger partial charge on any atom is 0.232 e. The second kappa shape index (κ2) is 7.21. The topological polar surface area (TPSA) is 67.2 Å². The quantitative estimate of drug-likeness (QED) is 0.599. The van der Waals surface area contributed by atoms with Crippen LogP contribution in [0.2, 0.25) is 0 Å². The highest BCUT2D eigenvalue weighted by molar-refractivity contribution is 8.00. The Morgan fingerprint density at radius 2 is 2.08 bits per heavy atom. The molecule has 24 heavy (non-hydrogen) atoms. The number of thioether (sulfide) groups is 1. The van der Waals surface area contributed by atoms with Crippen molar-refractivity contribution in [2.24, 2.45) is 7.05 Å². The lowest BCUT2D eigenvalue weighted by molar-refractivity contribution is -0.128. The number of amides is 1. The molecule has 0 bridgehead atoms. The van der Waals surface area contributed by atoms with Crippen molar-refractivity contribution in [2.75, 3.05) is 42.6 Å². The van der Waals surface area contributed by atoms with Gasteiger partial charge in [-0.25, -0.2) is 9.97 Å². The first-order valence-corrected chi connectivity index (χ1v) is 9.13. The summed E-state index contributed by atoms with van der Waals surface area (Å²) in [5.74, 6) is 3.18. The molecule has 2 aromatic rings. The summed E-state index contributed by atoms with van der Waals surface area (Å²) in [6, 6.07) is 0. The van der Waals surface area contributed by atoms with Crippen molar-refractivity contribution < 1.29 is 4.79 Å². The van der Waals surface area contributed by atoms with Gasteiger partial charge in [-0.05, 0) is 6.92 Å². The van der Waals surface area contributed by atoms with Crippen LogP contribution in [0.5, 0.6) is 0 Å². The molecule has 1 aliphatic heterocycles. The summed E-state index contributed by atoms with van der Waals surface area (Å²) in [6.07, 6.45) is 3.64. The first-order valence-electron chi connectivity index (χ1n) is 7.98. The summed E-state index contributed by atoms with van der Waals surface area (Å²) in [5.41, 5.74) is 0.844. The molecule has 1 amide bonds. The second-order valence-corrected chi connectivity index (χ2v) is 6.80. The SMILES string of the molecule is C=CCSCC(=O)N1CCN(c2nc(C)nc3c2cnn3C)CC1. The van der Waals surface area contributed by atoms with E-state index in [1.54, 1.807) is 16.4 Å². The molecule has 0 saturated carbocycles. The van der Waals surface area contributed by atoms with Crippen LogP contribution in [-0.4, -0.2) is 68.2 Å². The number of hydrogen-bond acceptors (Lipinski definition) is 6. The number of piperazine rings is 1. The average Bonchev–Trinajstić information content (AvgIpc) is 2.95. The first-order chi connectivity index (χ1) is 11.6. The number of aromatic nitrogens is 4. The van der Waals surface area contributed by atoms with Crippen LogP contribution in [0.25, 0.3) is 11.0 Å².